The van der Waals surface area contributed by atoms with Crippen LogP contribution in [0.15, 0.2) is 12.2 Å². The summed E-state index contributed by atoms with van der Waals surface area (Å²) in [7, 11) is 0. The summed E-state index contributed by atoms with van der Waals surface area (Å²) in [5, 5.41) is 0. The highest BCUT2D eigenvalue weighted by atomic mass is 17.2. The predicted molar refractivity (Wildman–Crippen MR) is 88.4 cm³/mol. The lowest BCUT2D eigenvalue weighted by Crippen LogP contribution is -2.52. The van der Waals surface area contributed by atoms with Crippen LogP contribution in [0.25, 0.3) is 0 Å². The first kappa shape index (κ1) is 17.7. The maximum atomic E-state index is 12.0. The average molecular weight is 308 g/mol. The van der Waals surface area contributed by atoms with Crippen LogP contribution in [0.4, 0.5) is 0 Å². The number of ketones is 1. The quantitative estimate of drug-likeness (QED) is 0.360. The summed E-state index contributed by atoms with van der Waals surface area (Å²) in [6.07, 6.45) is 14.8. The number of fused-ring (bicyclic) bond motifs is 2. The Morgan fingerprint density at radius 2 is 1.95 bits per heavy atom. The van der Waals surface area contributed by atoms with E-state index in [4.69, 9.17) is 9.78 Å². The lowest BCUT2D eigenvalue weighted by atomic mass is 9.71. The Balaban J connectivity index is 1.74. The fourth-order valence-electron chi connectivity index (χ4n) is 3.52. The largest absolute Gasteiger partial charge is 0.299 e. The first-order valence-electron chi connectivity index (χ1n) is 9.11. The van der Waals surface area contributed by atoms with Crippen LogP contribution in [-0.2, 0) is 14.6 Å². The number of rotatable bonds is 8. The fraction of sp³-hybridized carbons (Fsp3) is 0.842. The lowest BCUT2D eigenvalue weighted by Gasteiger charge is -2.45. The van der Waals surface area contributed by atoms with Gasteiger partial charge in [0.2, 0.25) is 0 Å². The molecule has 3 nitrogen and oxygen atoms in total. The van der Waals surface area contributed by atoms with Crippen molar-refractivity contribution in [2.45, 2.75) is 90.3 Å². The molecule has 2 bridgehead atoms. The zero-order chi connectivity index (χ0) is 16.0. The van der Waals surface area contributed by atoms with Gasteiger partial charge in [-0.15, -0.1) is 0 Å². The molecule has 2 aliphatic rings. The van der Waals surface area contributed by atoms with Crippen molar-refractivity contribution < 1.29 is 14.6 Å². The Hall–Kier alpha value is -0.670. The molecule has 1 saturated heterocycles. The first-order valence-corrected chi connectivity index (χ1v) is 9.11. The second kappa shape index (κ2) is 8.26. The molecule has 0 spiro atoms. The number of hydrogen-bond acceptors (Lipinski definition) is 3. The number of Topliss-reactive ketones (excluding diaryl/α,β-unsaturated/α-hetero) is 1. The average Bonchev–Trinajstić information content (AvgIpc) is 2.51. The maximum absolute atomic E-state index is 12.0. The normalized spacial score (nSPS) is 35.2. The first-order chi connectivity index (χ1) is 10.6. The summed E-state index contributed by atoms with van der Waals surface area (Å²) in [5.74, 6) is 0.559. The van der Waals surface area contributed by atoms with Crippen LogP contribution in [-0.4, -0.2) is 17.5 Å². The summed E-state index contributed by atoms with van der Waals surface area (Å²) in [6.45, 7) is 6.25. The van der Waals surface area contributed by atoms with Crippen LogP contribution < -0.4 is 0 Å². The van der Waals surface area contributed by atoms with E-state index in [0.29, 0.717) is 12.2 Å². The van der Waals surface area contributed by atoms with Gasteiger partial charge in [-0.05, 0) is 26.2 Å². The van der Waals surface area contributed by atoms with Crippen molar-refractivity contribution in [1.29, 1.82) is 0 Å². The van der Waals surface area contributed by atoms with Gasteiger partial charge in [0.1, 0.15) is 17.5 Å². The third-order valence-electron chi connectivity index (χ3n) is 5.36. The van der Waals surface area contributed by atoms with E-state index in [0.717, 1.165) is 12.8 Å². The molecule has 4 atom stereocenters. The van der Waals surface area contributed by atoms with Crippen molar-refractivity contribution in [3.63, 3.8) is 0 Å². The van der Waals surface area contributed by atoms with Gasteiger partial charge in [-0.2, -0.15) is 0 Å². The third-order valence-corrected chi connectivity index (χ3v) is 5.36. The molecule has 1 heterocycles. The van der Waals surface area contributed by atoms with Crippen LogP contribution in [0.2, 0.25) is 0 Å². The second-order valence-corrected chi connectivity index (χ2v) is 7.25. The van der Waals surface area contributed by atoms with Crippen LogP contribution in [0, 0.1) is 11.8 Å². The zero-order valence-corrected chi connectivity index (χ0v) is 14.5. The Labute approximate surface area is 135 Å². The maximum Gasteiger partial charge on any atom is 0.138 e. The molecule has 0 amide bonds. The van der Waals surface area contributed by atoms with Gasteiger partial charge in [0, 0.05) is 18.3 Å². The van der Waals surface area contributed by atoms with E-state index in [1.165, 1.54) is 38.5 Å². The van der Waals surface area contributed by atoms with Crippen LogP contribution in [0.3, 0.4) is 0 Å². The molecule has 0 aromatic carbocycles. The summed E-state index contributed by atoms with van der Waals surface area (Å²) >= 11 is 0. The third kappa shape index (κ3) is 4.42. The van der Waals surface area contributed by atoms with Gasteiger partial charge in [-0.25, -0.2) is 9.78 Å². The second-order valence-electron chi connectivity index (χ2n) is 7.25. The molecule has 2 fully saturated rings. The molecule has 22 heavy (non-hydrogen) atoms. The zero-order valence-electron chi connectivity index (χ0n) is 14.5. The molecule has 0 unspecified atom stereocenters. The fourth-order valence-corrected chi connectivity index (χ4v) is 3.52. The van der Waals surface area contributed by atoms with E-state index >= 15 is 0 Å². The van der Waals surface area contributed by atoms with E-state index in [1.54, 1.807) is 0 Å². The lowest BCUT2D eigenvalue weighted by molar-refractivity contribution is -0.415. The van der Waals surface area contributed by atoms with Gasteiger partial charge in [0.25, 0.3) is 0 Å². The Morgan fingerprint density at radius 3 is 2.73 bits per heavy atom. The van der Waals surface area contributed by atoms with Crippen LogP contribution in [0.1, 0.15) is 78.6 Å². The molecular weight excluding hydrogens is 276 g/mol. The standard InChI is InChI=1S/C19H32O3/c1-4-5-6-7-8-9-10-11-12-19(3)16-13-17(20)15(2)18(14-16)21-22-19/h11-12,15-16,18H,4-10,13-14H2,1-3H3/b12-11+/t15-,16+,18+,19-/m0/s1. The SMILES string of the molecule is CCCCCCCC/C=C/[C@]1(C)OO[C@@H]2C[C@H]1CC(=O)[C@@H]2C. The van der Waals surface area contributed by atoms with Crippen molar-refractivity contribution in [3.8, 4) is 0 Å². The van der Waals surface area contributed by atoms with Crippen molar-refractivity contribution in [3.05, 3.63) is 12.2 Å². The van der Waals surface area contributed by atoms with Gasteiger partial charge in [-0.3, -0.25) is 4.79 Å². The molecule has 1 aliphatic heterocycles. The summed E-state index contributed by atoms with van der Waals surface area (Å²) < 4.78 is 0. The van der Waals surface area contributed by atoms with Crippen molar-refractivity contribution >= 4 is 5.78 Å². The minimum atomic E-state index is -0.436. The molecule has 1 saturated carbocycles. The number of carbonyl (C=O) groups excluding carboxylic acids is 1. The monoisotopic (exact) mass is 308 g/mol. The van der Waals surface area contributed by atoms with Gasteiger partial charge in [0.05, 0.1) is 0 Å². The van der Waals surface area contributed by atoms with Crippen molar-refractivity contribution in [2.24, 2.45) is 11.8 Å². The highest BCUT2D eigenvalue weighted by molar-refractivity contribution is 5.82. The Morgan fingerprint density at radius 1 is 1.23 bits per heavy atom. The van der Waals surface area contributed by atoms with Gasteiger partial charge < -0.3 is 0 Å². The van der Waals surface area contributed by atoms with Gasteiger partial charge >= 0.3 is 0 Å². The Bertz CT molecular complexity index is 390. The number of hydrogen-bond donors (Lipinski definition) is 0. The van der Waals surface area contributed by atoms with E-state index in [1.807, 2.05) is 6.92 Å². The smallest absolute Gasteiger partial charge is 0.138 e. The molecule has 0 N–H and O–H groups in total. The number of carbonyl (C=O) groups is 1. The van der Waals surface area contributed by atoms with Crippen LogP contribution >= 0.6 is 0 Å². The molecule has 126 valence electrons. The van der Waals surface area contributed by atoms with Crippen molar-refractivity contribution in [2.75, 3.05) is 0 Å². The summed E-state index contributed by atoms with van der Waals surface area (Å²) in [4.78, 5) is 23.2. The Kier molecular flexibility index (Phi) is 6.64. The van der Waals surface area contributed by atoms with E-state index in [-0.39, 0.29) is 17.9 Å². The molecule has 0 aromatic heterocycles. The molecular formula is C19H32O3. The number of unbranched alkanes of at least 4 members (excludes halogenated alkanes) is 6. The van der Waals surface area contributed by atoms with E-state index < -0.39 is 5.60 Å². The van der Waals surface area contributed by atoms with Gasteiger partial charge in [0.15, 0.2) is 0 Å². The minimum Gasteiger partial charge on any atom is -0.299 e. The molecule has 1 aliphatic carbocycles. The minimum absolute atomic E-state index is 0.0205. The molecule has 0 aromatic rings. The molecule has 3 heteroatoms. The summed E-state index contributed by atoms with van der Waals surface area (Å²) in [5.41, 5.74) is -0.436. The molecule has 0 radical (unpaired) electrons. The number of allylic oxidation sites excluding steroid dienone is 1. The van der Waals surface area contributed by atoms with Crippen molar-refractivity contribution in [1.82, 2.24) is 0 Å². The van der Waals surface area contributed by atoms with Gasteiger partial charge in [-0.1, -0.05) is 58.1 Å². The van der Waals surface area contributed by atoms with Crippen LogP contribution in [0.5, 0.6) is 0 Å². The molecule has 2 rings (SSSR count). The highest BCUT2D eigenvalue weighted by Crippen LogP contribution is 2.42. The predicted octanol–water partition coefficient (Wildman–Crippen LogP) is 5.00. The highest BCUT2D eigenvalue weighted by Gasteiger charge is 2.48. The van der Waals surface area contributed by atoms with E-state index in [2.05, 4.69) is 26.0 Å². The summed E-state index contributed by atoms with van der Waals surface area (Å²) in [6, 6.07) is 0. The van der Waals surface area contributed by atoms with E-state index in [9.17, 15) is 4.79 Å². The topological polar surface area (TPSA) is 35.5 Å².